The van der Waals surface area contributed by atoms with Gasteiger partial charge in [-0.1, -0.05) is 12.1 Å². The Balaban J connectivity index is 2.47. The van der Waals surface area contributed by atoms with E-state index in [1.807, 2.05) is 0 Å². The molecule has 0 saturated carbocycles. The minimum atomic E-state index is -4.69. The quantitative estimate of drug-likeness (QED) is 0.890. The molecule has 94 valence electrons. The number of carboxylic acid groups (broad SMARTS) is 1. The molecule has 7 heteroatoms. The molecule has 0 spiro atoms. The Labute approximate surface area is 99.6 Å². The molecule has 1 aromatic rings. The van der Waals surface area contributed by atoms with Crippen LogP contribution in [0.5, 0.6) is 5.75 Å². The van der Waals surface area contributed by atoms with Crippen LogP contribution in [0.2, 0.25) is 0 Å². The summed E-state index contributed by atoms with van der Waals surface area (Å²) in [7, 11) is 0. The minimum Gasteiger partial charge on any atom is -0.481 e. The molecule has 0 amide bonds. The topological polar surface area (TPSA) is 46.5 Å². The second kappa shape index (κ2) is 5.81. The van der Waals surface area contributed by atoms with Crippen molar-refractivity contribution in [3.05, 3.63) is 29.8 Å². The standard InChI is InChI=1S/C10H9F3O3S/c11-10(12,13)16-8-3-1-7(2-4-8)5-17-6-9(14)15/h1-4H,5-6H2,(H,14,15). The molecular formula is C10H9F3O3S. The van der Waals surface area contributed by atoms with Crippen LogP contribution in [0.1, 0.15) is 5.56 Å². The van der Waals surface area contributed by atoms with Gasteiger partial charge in [0.2, 0.25) is 0 Å². The zero-order chi connectivity index (χ0) is 12.9. The first-order valence-corrected chi connectivity index (χ1v) is 5.66. The molecule has 0 aliphatic rings. The second-order valence-electron chi connectivity index (χ2n) is 3.08. The van der Waals surface area contributed by atoms with E-state index < -0.39 is 12.3 Å². The fourth-order valence-electron chi connectivity index (χ4n) is 1.04. The number of rotatable bonds is 5. The molecule has 3 nitrogen and oxygen atoms in total. The van der Waals surface area contributed by atoms with Gasteiger partial charge in [0.15, 0.2) is 0 Å². The number of hydrogen-bond donors (Lipinski definition) is 1. The van der Waals surface area contributed by atoms with Gasteiger partial charge in [0.25, 0.3) is 0 Å². The highest BCUT2D eigenvalue weighted by atomic mass is 32.2. The Morgan fingerprint density at radius 2 is 1.88 bits per heavy atom. The molecule has 1 aromatic carbocycles. The molecule has 0 aliphatic heterocycles. The summed E-state index contributed by atoms with van der Waals surface area (Å²) >= 11 is 1.17. The van der Waals surface area contributed by atoms with E-state index in [1.54, 1.807) is 0 Å². The number of hydrogen-bond acceptors (Lipinski definition) is 3. The van der Waals surface area contributed by atoms with Crippen molar-refractivity contribution in [3.8, 4) is 5.75 Å². The van der Waals surface area contributed by atoms with Gasteiger partial charge < -0.3 is 9.84 Å². The average molecular weight is 266 g/mol. The van der Waals surface area contributed by atoms with Gasteiger partial charge in [0.1, 0.15) is 5.75 Å². The molecule has 0 aliphatic carbocycles. The zero-order valence-electron chi connectivity index (χ0n) is 8.53. The molecule has 0 radical (unpaired) electrons. The van der Waals surface area contributed by atoms with Gasteiger partial charge in [0.05, 0.1) is 5.75 Å². The number of halogens is 3. The van der Waals surface area contributed by atoms with E-state index in [4.69, 9.17) is 5.11 Å². The highest BCUT2D eigenvalue weighted by Crippen LogP contribution is 2.23. The number of aliphatic carboxylic acids is 1. The minimum absolute atomic E-state index is 0.0409. The lowest BCUT2D eigenvalue weighted by Crippen LogP contribution is -2.17. The van der Waals surface area contributed by atoms with E-state index in [0.717, 1.165) is 5.56 Å². The van der Waals surface area contributed by atoms with E-state index in [0.29, 0.717) is 5.75 Å². The predicted octanol–water partition coefficient (Wildman–Crippen LogP) is 2.90. The monoisotopic (exact) mass is 266 g/mol. The molecule has 0 bridgehead atoms. The maximum atomic E-state index is 11.8. The molecule has 1 rings (SSSR count). The smallest absolute Gasteiger partial charge is 0.481 e. The van der Waals surface area contributed by atoms with Crippen LogP contribution < -0.4 is 4.74 Å². The number of ether oxygens (including phenoxy) is 1. The third-order valence-corrected chi connectivity index (χ3v) is 2.64. The summed E-state index contributed by atoms with van der Waals surface area (Å²) in [6, 6.07) is 5.33. The van der Waals surface area contributed by atoms with Crippen LogP contribution in [0.3, 0.4) is 0 Å². The number of thioether (sulfide) groups is 1. The zero-order valence-corrected chi connectivity index (χ0v) is 9.35. The van der Waals surface area contributed by atoms with Gasteiger partial charge in [-0.05, 0) is 17.7 Å². The summed E-state index contributed by atoms with van der Waals surface area (Å²) in [4.78, 5) is 10.2. The maximum absolute atomic E-state index is 11.8. The summed E-state index contributed by atoms with van der Waals surface area (Å²) in [5, 5.41) is 8.40. The molecule has 0 heterocycles. The van der Waals surface area contributed by atoms with Crippen molar-refractivity contribution in [2.45, 2.75) is 12.1 Å². The highest BCUT2D eigenvalue weighted by Gasteiger charge is 2.30. The van der Waals surface area contributed by atoms with Gasteiger partial charge in [-0.2, -0.15) is 0 Å². The Kier molecular flexibility index (Phi) is 4.68. The van der Waals surface area contributed by atoms with Gasteiger partial charge in [-0.3, -0.25) is 4.79 Å². The Morgan fingerprint density at radius 1 is 1.29 bits per heavy atom. The average Bonchev–Trinajstić information content (AvgIpc) is 2.18. The number of carboxylic acids is 1. The van der Waals surface area contributed by atoms with E-state index in [1.165, 1.54) is 36.0 Å². The lowest BCUT2D eigenvalue weighted by Gasteiger charge is -2.09. The Bertz CT molecular complexity index is 375. The van der Waals surface area contributed by atoms with Crippen molar-refractivity contribution < 1.29 is 27.8 Å². The third kappa shape index (κ3) is 6.06. The highest BCUT2D eigenvalue weighted by molar-refractivity contribution is 7.99. The fraction of sp³-hybridized carbons (Fsp3) is 0.300. The Morgan fingerprint density at radius 3 is 2.35 bits per heavy atom. The number of alkyl halides is 3. The van der Waals surface area contributed by atoms with Crippen LogP contribution in [-0.4, -0.2) is 23.2 Å². The van der Waals surface area contributed by atoms with Crippen molar-refractivity contribution >= 4 is 17.7 Å². The first-order chi connectivity index (χ1) is 7.87. The number of carbonyl (C=O) groups is 1. The van der Waals surface area contributed by atoms with E-state index in [-0.39, 0.29) is 11.5 Å². The number of benzene rings is 1. The first-order valence-electron chi connectivity index (χ1n) is 4.51. The third-order valence-electron chi connectivity index (χ3n) is 1.65. The van der Waals surface area contributed by atoms with Crippen LogP contribution in [0.25, 0.3) is 0 Å². The fourth-order valence-corrected chi connectivity index (χ4v) is 1.75. The second-order valence-corrected chi connectivity index (χ2v) is 4.06. The largest absolute Gasteiger partial charge is 0.573 e. The van der Waals surface area contributed by atoms with Crippen LogP contribution in [0.4, 0.5) is 13.2 Å². The maximum Gasteiger partial charge on any atom is 0.573 e. The SMILES string of the molecule is O=C(O)CSCc1ccc(OC(F)(F)F)cc1. The first kappa shape index (κ1) is 13.7. The van der Waals surface area contributed by atoms with Crippen molar-refractivity contribution in [3.63, 3.8) is 0 Å². The normalized spacial score (nSPS) is 11.2. The summed E-state index contributed by atoms with van der Waals surface area (Å²) in [6.07, 6.45) is -4.69. The van der Waals surface area contributed by atoms with Crippen molar-refractivity contribution in [1.82, 2.24) is 0 Å². The van der Waals surface area contributed by atoms with Crippen LogP contribution in [0.15, 0.2) is 24.3 Å². The van der Waals surface area contributed by atoms with Gasteiger partial charge in [0, 0.05) is 5.75 Å². The van der Waals surface area contributed by atoms with Crippen LogP contribution in [0, 0.1) is 0 Å². The summed E-state index contributed by atoms with van der Waals surface area (Å²) < 4.78 is 39.2. The molecule has 1 N–H and O–H groups in total. The van der Waals surface area contributed by atoms with Crippen LogP contribution in [-0.2, 0) is 10.5 Å². The molecule has 0 unspecified atom stereocenters. The molecule has 0 atom stereocenters. The van der Waals surface area contributed by atoms with Crippen molar-refractivity contribution in [1.29, 1.82) is 0 Å². The summed E-state index contributed by atoms with van der Waals surface area (Å²) in [6.45, 7) is 0. The van der Waals surface area contributed by atoms with E-state index >= 15 is 0 Å². The lowest BCUT2D eigenvalue weighted by atomic mass is 10.2. The van der Waals surface area contributed by atoms with Crippen molar-refractivity contribution in [2.24, 2.45) is 0 Å². The molecule has 0 fully saturated rings. The van der Waals surface area contributed by atoms with Gasteiger partial charge in [-0.15, -0.1) is 24.9 Å². The molecular weight excluding hydrogens is 257 g/mol. The van der Waals surface area contributed by atoms with Gasteiger partial charge in [-0.25, -0.2) is 0 Å². The van der Waals surface area contributed by atoms with Gasteiger partial charge >= 0.3 is 12.3 Å². The van der Waals surface area contributed by atoms with Crippen molar-refractivity contribution in [2.75, 3.05) is 5.75 Å². The Hall–Kier alpha value is -1.37. The summed E-state index contributed by atoms with van der Waals surface area (Å²) in [5.74, 6) is -0.823. The van der Waals surface area contributed by atoms with Crippen LogP contribution >= 0.6 is 11.8 Å². The molecule has 0 saturated heterocycles. The lowest BCUT2D eigenvalue weighted by molar-refractivity contribution is -0.274. The predicted molar refractivity (Wildman–Crippen MR) is 56.9 cm³/mol. The molecule has 17 heavy (non-hydrogen) atoms. The van der Waals surface area contributed by atoms with E-state index in [2.05, 4.69) is 4.74 Å². The summed E-state index contributed by atoms with van der Waals surface area (Å²) in [5.41, 5.74) is 0.741. The molecule has 0 aromatic heterocycles. The van der Waals surface area contributed by atoms with E-state index in [9.17, 15) is 18.0 Å².